The molecule has 0 aliphatic carbocycles. The Bertz CT molecular complexity index is 970. The van der Waals surface area contributed by atoms with Gasteiger partial charge in [0.2, 0.25) is 0 Å². The van der Waals surface area contributed by atoms with Gasteiger partial charge in [0.15, 0.2) is 5.76 Å². The first kappa shape index (κ1) is 19.2. The van der Waals surface area contributed by atoms with E-state index in [2.05, 4.69) is 5.32 Å². The molecule has 0 spiro atoms. The molecule has 0 saturated carbocycles. The number of benzene rings is 2. The summed E-state index contributed by atoms with van der Waals surface area (Å²) in [4.78, 5) is 12.8. The van der Waals surface area contributed by atoms with Crippen LogP contribution in [0.5, 0.6) is 5.75 Å². The molecular weight excluding hydrogens is 386 g/mol. The number of amides is 1. The molecule has 0 aliphatic heterocycles. The number of methoxy groups -OCH3 is 1. The zero-order chi connectivity index (χ0) is 19.2. The normalized spacial score (nSPS) is 11.8. The third-order valence-electron chi connectivity index (χ3n) is 3.83. The molecule has 1 amide bonds. The second kappa shape index (κ2) is 8.88. The van der Waals surface area contributed by atoms with E-state index in [1.54, 1.807) is 43.5 Å². The van der Waals surface area contributed by atoms with Crippen LogP contribution < -0.4 is 10.1 Å². The van der Waals surface area contributed by atoms with Gasteiger partial charge in [0.05, 0.1) is 33.6 Å². The lowest BCUT2D eigenvalue weighted by Gasteiger charge is -2.06. The molecule has 1 aromatic heterocycles. The Labute approximate surface area is 164 Å². The zero-order valence-electron chi connectivity index (χ0n) is 14.6. The molecule has 0 saturated heterocycles. The molecule has 0 radical (unpaired) electrons. The maximum atomic E-state index is 12.4. The summed E-state index contributed by atoms with van der Waals surface area (Å²) in [6, 6.07) is 17.6. The van der Waals surface area contributed by atoms with E-state index in [0.717, 1.165) is 11.3 Å². The molecule has 140 valence electrons. The lowest BCUT2D eigenvalue weighted by molar-refractivity contribution is 0.0921. The molecular formula is C20H18ClNO4S. The summed E-state index contributed by atoms with van der Waals surface area (Å²) in [5.74, 6) is 1.16. The van der Waals surface area contributed by atoms with Crippen molar-refractivity contribution < 1.29 is 18.2 Å². The molecule has 1 atom stereocenters. The second-order valence-electron chi connectivity index (χ2n) is 5.72. The van der Waals surface area contributed by atoms with Crippen LogP contribution in [0.3, 0.4) is 0 Å². The number of carbonyl (C=O) groups is 1. The van der Waals surface area contributed by atoms with Crippen LogP contribution in [0.1, 0.15) is 21.9 Å². The first-order valence-electron chi connectivity index (χ1n) is 8.19. The van der Waals surface area contributed by atoms with Crippen molar-refractivity contribution in [3.63, 3.8) is 0 Å². The molecule has 3 rings (SSSR count). The SMILES string of the molecule is COc1cccc(CNC(=O)c2ccc(CS(=O)c3ccccc3Cl)o2)c1. The summed E-state index contributed by atoms with van der Waals surface area (Å²) in [6.07, 6.45) is 0. The average Bonchev–Trinajstić information content (AvgIpc) is 3.15. The Balaban J connectivity index is 1.60. The molecule has 0 bridgehead atoms. The summed E-state index contributed by atoms with van der Waals surface area (Å²) in [5.41, 5.74) is 0.911. The molecule has 2 aromatic carbocycles. The quantitative estimate of drug-likeness (QED) is 0.642. The van der Waals surface area contributed by atoms with E-state index in [0.29, 0.717) is 22.2 Å². The molecule has 5 nitrogen and oxygen atoms in total. The molecule has 27 heavy (non-hydrogen) atoms. The second-order valence-corrected chi connectivity index (χ2v) is 7.55. The van der Waals surface area contributed by atoms with Crippen molar-refractivity contribution in [2.75, 3.05) is 7.11 Å². The lowest BCUT2D eigenvalue weighted by atomic mass is 10.2. The van der Waals surface area contributed by atoms with Crippen LogP contribution in [-0.4, -0.2) is 17.2 Å². The number of furan rings is 1. The third-order valence-corrected chi connectivity index (χ3v) is 5.66. The molecule has 1 heterocycles. The van der Waals surface area contributed by atoms with Crippen LogP contribution in [0.2, 0.25) is 5.02 Å². The fourth-order valence-corrected chi connectivity index (χ4v) is 3.94. The van der Waals surface area contributed by atoms with Crippen LogP contribution in [0.4, 0.5) is 0 Å². The highest BCUT2D eigenvalue weighted by Gasteiger charge is 2.15. The third kappa shape index (κ3) is 4.99. The Morgan fingerprint density at radius 3 is 2.74 bits per heavy atom. The average molecular weight is 404 g/mol. The fourth-order valence-electron chi connectivity index (χ4n) is 2.47. The van der Waals surface area contributed by atoms with Crippen molar-refractivity contribution >= 4 is 28.3 Å². The molecule has 3 aromatic rings. The van der Waals surface area contributed by atoms with Gasteiger partial charge in [0, 0.05) is 6.54 Å². The Morgan fingerprint density at radius 2 is 1.96 bits per heavy atom. The van der Waals surface area contributed by atoms with Gasteiger partial charge in [-0.1, -0.05) is 35.9 Å². The summed E-state index contributed by atoms with van der Waals surface area (Å²) < 4.78 is 23.1. The largest absolute Gasteiger partial charge is 0.497 e. The minimum absolute atomic E-state index is 0.146. The van der Waals surface area contributed by atoms with Crippen LogP contribution in [0, 0.1) is 0 Å². The first-order valence-corrected chi connectivity index (χ1v) is 9.89. The molecule has 0 fully saturated rings. The number of nitrogens with one attached hydrogen (secondary N) is 1. The standard InChI is InChI=1S/C20H18ClNO4S/c1-25-15-6-4-5-14(11-15)12-22-20(23)18-10-9-16(26-18)13-27(24)19-8-3-2-7-17(19)21/h2-11H,12-13H2,1H3,(H,22,23). The minimum atomic E-state index is -1.35. The van der Waals surface area contributed by atoms with E-state index in [1.165, 1.54) is 0 Å². The van der Waals surface area contributed by atoms with Gasteiger partial charge in [-0.2, -0.15) is 0 Å². The summed E-state index contributed by atoms with van der Waals surface area (Å²) in [6.45, 7) is 0.345. The van der Waals surface area contributed by atoms with Crippen LogP contribution in [0.25, 0.3) is 0 Å². The predicted molar refractivity (Wildman–Crippen MR) is 104 cm³/mol. The highest BCUT2D eigenvalue weighted by molar-refractivity contribution is 7.84. The summed E-state index contributed by atoms with van der Waals surface area (Å²) in [5, 5.41) is 3.23. The van der Waals surface area contributed by atoms with E-state index in [-0.39, 0.29) is 17.4 Å². The van der Waals surface area contributed by atoms with Gasteiger partial charge in [-0.25, -0.2) is 0 Å². The Hall–Kier alpha value is -2.57. The van der Waals surface area contributed by atoms with E-state index >= 15 is 0 Å². The van der Waals surface area contributed by atoms with Gasteiger partial charge in [-0.3, -0.25) is 9.00 Å². The number of ether oxygens (including phenoxy) is 1. The van der Waals surface area contributed by atoms with Gasteiger partial charge in [-0.05, 0) is 42.0 Å². The van der Waals surface area contributed by atoms with E-state index in [9.17, 15) is 9.00 Å². The minimum Gasteiger partial charge on any atom is -0.497 e. The maximum Gasteiger partial charge on any atom is 0.287 e. The van der Waals surface area contributed by atoms with E-state index in [1.807, 2.05) is 24.3 Å². The molecule has 0 aliphatic rings. The van der Waals surface area contributed by atoms with Gasteiger partial charge < -0.3 is 14.5 Å². The smallest absolute Gasteiger partial charge is 0.287 e. The van der Waals surface area contributed by atoms with E-state index < -0.39 is 10.8 Å². The van der Waals surface area contributed by atoms with Crippen molar-refractivity contribution in [1.29, 1.82) is 0 Å². The first-order chi connectivity index (χ1) is 13.1. The molecule has 7 heteroatoms. The topological polar surface area (TPSA) is 68.5 Å². The number of halogens is 1. The Kier molecular flexibility index (Phi) is 6.32. The monoisotopic (exact) mass is 403 g/mol. The highest BCUT2D eigenvalue weighted by atomic mass is 35.5. The lowest BCUT2D eigenvalue weighted by Crippen LogP contribution is -2.22. The zero-order valence-corrected chi connectivity index (χ0v) is 16.2. The predicted octanol–water partition coefficient (Wildman–Crippen LogP) is 4.18. The van der Waals surface area contributed by atoms with Crippen LogP contribution in [-0.2, 0) is 23.1 Å². The van der Waals surface area contributed by atoms with Crippen LogP contribution >= 0.6 is 11.6 Å². The van der Waals surface area contributed by atoms with Gasteiger partial charge in [0.25, 0.3) is 5.91 Å². The number of hydrogen-bond donors (Lipinski definition) is 1. The maximum absolute atomic E-state index is 12.4. The van der Waals surface area contributed by atoms with Crippen molar-refractivity contribution in [3.05, 3.63) is 82.8 Å². The number of rotatable bonds is 7. The number of carbonyl (C=O) groups excluding carboxylic acids is 1. The van der Waals surface area contributed by atoms with E-state index in [4.69, 9.17) is 20.8 Å². The van der Waals surface area contributed by atoms with Crippen molar-refractivity contribution in [3.8, 4) is 5.75 Å². The summed E-state index contributed by atoms with van der Waals surface area (Å²) >= 11 is 6.07. The van der Waals surface area contributed by atoms with Crippen molar-refractivity contribution in [2.45, 2.75) is 17.2 Å². The van der Waals surface area contributed by atoms with Crippen molar-refractivity contribution in [2.24, 2.45) is 0 Å². The molecule has 1 unspecified atom stereocenters. The Morgan fingerprint density at radius 1 is 1.15 bits per heavy atom. The van der Waals surface area contributed by atoms with Gasteiger partial charge >= 0.3 is 0 Å². The highest BCUT2D eigenvalue weighted by Crippen LogP contribution is 2.22. The van der Waals surface area contributed by atoms with Crippen LogP contribution in [0.15, 0.2) is 70.0 Å². The van der Waals surface area contributed by atoms with Gasteiger partial charge in [-0.15, -0.1) is 0 Å². The fraction of sp³-hybridized carbons (Fsp3) is 0.150. The summed E-state index contributed by atoms with van der Waals surface area (Å²) in [7, 11) is 0.238. The van der Waals surface area contributed by atoms with Gasteiger partial charge in [0.1, 0.15) is 11.5 Å². The van der Waals surface area contributed by atoms with Crippen molar-refractivity contribution in [1.82, 2.24) is 5.32 Å². The number of hydrogen-bond acceptors (Lipinski definition) is 4. The molecule has 1 N–H and O–H groups in total.